The number of amides is 1. The van der Waals surface area contributed by atoms with Crippen LogP contribution >= 0.6 is 0 Å². The van der Waals surface area contributed by atoms with Crippen molar-refractivity contribution < 1.29 is 19.1 Å². The number of likely N-dealkylation sites (tertiary alicyclic amines) is 1. The van der Waals surface area contributed by atoms with E-state index in [2.05, 4.69) is 6.92 Å². The number of piperidine rings is 1. The van der Waals surface area contributed by atoms with E-state index in [9.17, 15) is 9.59 Å². The van der Waals surface area contributed by atoms with E-state index in [1.165, 1.54) is 0 Å². The minimum Gasteiger partial charge on any atom is -0.496 e. The summed E-state index contributed by atoms with van der Waals surface area (Å²) in [5.41, 5.74) is 0.441. The summed E-state index contributed by atoms with van der Waals surface area (Å²) in [6.07, 6.45) is 2.01. The molecule has 1 aliphatic heterocycles. The van der Waals surface area contributed by atoms with Crippen molar-refractivity contribution in [1.82, 2.24) is 4.90 Å². The summed E-state index contributed by atoms with van der Waals surface area (Å²) in [6, 6.07) is 10.9. The zero-order valence-corrected chi connectivity index (χ0v) is 14.7. The van der Waals surface area contributed by atoms with Crippen LogP contribution < -0.4 is 4.74 Å². The average Bonchev–Trinajstić information content (AvgIpc) is 2.65. The fraction of sp³-hybridized carbons (Fsp3) is 0.400. The Bertz CT molecular complexity index is 778. The number of ether oxygens (including phenoxy) is 2. The first-order valence-electron chi connectivity index (χ1n) is 8.60. The van der Waals surface area contributed by atoms with Gasteiger partial charge in [-0.15, -0.1) is 0 Å². The summed E-state index contributed by atoms with van der Waals surface area (Å²) < 4.78 is 10.6. The Kier molecular flexibility index (Phi) is 5.22. The Hall–Kier alpha value is -2.56. The highest BCUT2D eigenvalue weighted by Crippen LogP contribution is 2.28. The highest BCUT2D eigenvalue weighted by molar-refractivity contribution is 6.06. The summed E-state index contributed by atoms with van der Waals surface area (Å²) in [6.45, 7) is 3.45. The Balaban J connectivity index is 1.70. The number of benzene rings is 2. The molecule has 2 aromatic rings. The topological polar surface area (TPSA) is 55.8 Å². The van der Waals surface area contributed by atoms with E-state index < -0.39 is 5.97 Å². The molecular weight excluding hydrogens is 318 g/mol. The molecule has 5 nitrogen and oxygen atoms in total. The number of hydrogen-bond acceptors (Lipinski definition) is 4. The van der Waals surface area contributed by atoms with Crippen LogP contribution in [0.3, 0.4) is 0 Å². The summed E-state index contributed by atoms with van der Waals surface area (Å²) >= 11 is 0. The van der Waals surface area contributed by atoms with Gasteiger partial charge in [-0.05, 0) is 36.3 Å². The molecular formula is C20H23NO4. The summed E-state index contributed by atoms with van der Waals surface area (Å²) in [5, 5.41) is 1.60. The van der Waals surface area contributed by atoms with Crippen LogP contribution in [0.25, 0.3) is 10.8 Å². The lowest BCUT2D eigenvalue weighted by atomic mass is 9.99. The zero-order valence-electron chi connectivity index (χ0n) is 14.7. The Morgan fingerprint density at radius 2 is 1.76 bits per heavy atom. The van der Waals surface area contributed by atoms with Gasteiger partial charge in [0, 0.05) is 18.5 Å². The van der Waals surface area contributed by atoms with Gasteiger partial charge in [0.15, 0.2) is 6.61 Å². The van der Waals surface area contributed by atoms with E-state index in [0.717, 1.165) is 36.7 Å². The van der Waals surface area contributed by atoms with Crippen molar-refractivity contribution in [3.63, 3.8) is 0 Å². The number of hydrogen-bond donors (Lipinski definition) is 0. The third kappa shape index (κ3) is 3.76. The number of carbonyl (C=O) groups excluding carboxylic acids is 2. The maximum absolute atomic E-state index is 12.5. The fourth-order valence-corrected chi connectivity index (χ4v) is 3.18. The molecule has 132 valence electrons. The lowest BCUT2D eigenvalue weighted by Crippen LogP contribution is -2.40. The number of methoxy groups -OCH3 is 1. The van der Waals surface area contributed by atoms with Crippen LogP contribution in [-0.2, 0) is 9.53 Å². The summed E-state index contributed by atoms with van der Waals surface area (Å²) in [5.74, 6) is 0.735. The molecule has 0 atom stereocenters. The van der Waals surface area contributed by atoms with E-state index in [1.54, 1.807) is 24.1 Å². The number of carbonyl (C=O) groups is 2. The molecule has 0 aliphatic carbocycles. The van der Waals surface area contributed by atoms with Gasteiger partial charge in [-0.1, -0.05) is 31.2 Å². The minimum absolute atomic E-state index is 0.127. The molecule has 1 fully saturated rings. The maximum Gasteiger partial charge on any atom is 0.339 e. The Morgan fingerprint density at radius 1 is 1.08 bits per heavy atom. The van der Waals surface area contributed by atoms with Crippen LogP contribution in [0.1, 0.15) is 30.1 Å². The lowest BCUT2D eigenvalue weighted by molar-refractivity contribution is -0.135. The van der Waals surface area contributed by atoms with Gasteiger partial charge in [-0.25, -0.2) is 4.79 Å². The summed E-state index contributed by atoms with van der Waals surface area (Å²) in [7, 11) is 1.60. The standard InChI is InChI=1S/C20H23NO4/c1-14-9-11-21(12-10-14)19(22)13-25-20(23)17-7-8-18(24-2)16-6-4-3-5-15(16)17/h3-8,14H,9-13H2,1-2H3. The normalized spacial score (nSPS) is 15.2. The van der Waals surface area contributed by atoms with Crippen LogP contribution in [0, 0.1) is 5.92 Å². The van der Waals surface area contributed by atoms with Crippen molar-refractivity contribution in [3.8, 4) is 5.75 Å². The van der Waals surface area contributed by atoms with Crippen molar-refractivity contribution in [2.24, 2.45) is 5.92 Å². The molecule has 1 amide bonds. The van der Waals surface area contributed by atoms with Crippen molar-refractivity contribution in [2.45, 2.75) is 19.8 Å². The highest BCUT2D eigenvalue weighted by atomic mass is 16.5. The highest BCUT2D eigenvalue weighted by Gasteiger charge is 2.22. The number of nitrogens with zero attached hydrogens (tertiary/aromatic N) is 1. The maximum atomic E-state index is 12.5. The van der Waals surface area contributed by atoms with Gasteiger partial charge in [0.1, 0.15) is 5.75 Å². The molecule has 0 saturated carbocycles. The van der Waals surface area contributed by atoms with E-state index >= 15 is 0 Å². The molecule has 0 unspecified atom stereocenters. The second-order valence-corrected chi connectivity index (χ2v) is 6.50. The first-order chi connectivity index (χ1) is 12.1. The van der Waals surface area contributed by atoms with Crippen LogP contribution in [0.2, 0.25) is 0 Å². The van der Waals surface area contributed by atoms with E-state index in [-0.39, 0.29) is 12.5 Å². The quantitative estimate of drug-likeness (QED) is 0.801. The number of esters is 1. The molecule has 1 saturated heterocycles. The molecule has 2 aromatic carbocycles. The molecule has 0 aromatic heterocycles. The smallest absolute Gasteiger partial charge is 0.339 e. The second kappa shape index (κ2) is 7.55. The predicted octanol–water partition coefficient (Wildman–Crippen LogP) is 3.26. The van der Waals surface area contributed by atoms with Crippen LogP contribution in [-0.4, -0.2) is 43.6 Å². The van der Waals surface area contributed by atoms with Crippen LogP contribution in [0.15, 0.2) is 36.4 Å². The molecule has 25 heavy (non-hydrogen) atoms. The first-order valence-corrected chi connectivity index (χ1v) is 8.60. The van der Waals surface area contributed by atoms with Crippen molar-refractivity contribution >= 4 is 22.6 Å². The zero-order chi connectivity index (χ0) is 17.8. The molecule has 0 spiro atoms. The van der Waals surface area contributed by atoms with Gasteiger partial charge in [0.25, 0.3) is 5.91 Å². The van der Waals surface area contributed by atoms with Gasteiger partial charge < -0.3 is 14.4 Å². The Labute approximate surface area is 147 Å². The minimum atomic E-state index is -0.488. The van der Waals surface area contributed by atoms with Crippen molar-refractivity contribution in [3.05, 3.63) is 42.0 Å². The third-order valence-corrected chi connectivity index (χ3v) is 4.79. The molecule has 5 heteroatoms. The van der Waals surface area contributed by atoms with E-state index in [4.69, 9.17) is 9.47 Å². The fourth-order valence-electron chi connectivity index (χ4n) is 3.18. The monoisotopic (exact) mass is 341 g/mol. The molecule has 0 bridgehead atoms. The lowest BCUT2D eigenvalue weighted by Gasteiger charge is -2.30. The summed E-state index contributed by atoms with van der Waals surface area (Å²) in [4.78, 5) is 26.5. The van der Waals surface area contributed by atoms with Gasteiger partial charge in [-0.2, -0.15) is 0 Å². The van der Waals surface area contributed by atoms with Gasteiger partial charge in [0.2, 0.25) is 0 Å². The van der Waals surface area contributed by atoms with E-state index in [0.29, 0.717) is 17.2 Å². The molecule has 1 aliphatic rings. The molecule has 3 rings (SSSR count). The van der Waals surface area contributed by atoms with Crippen LogP contribution in [0.5, 0.6) is 5.75 Å². The molecule has 0 N–H and O–H groups in total. The largest absolute Gasteiger partial charge is 0.496 e. The van der Waals surface area contributed by atoms with Gasteiger partial charge >= 0.3 is 5.97 Å². The van der Waals surface area contributed by atoms with Crippen LogP contribution in [0.4, 0.5) is 0 Å². The van der Waals surface area contributed by atoms with Gasteiger partial charge in [-0.3, -0.25) is 4.79 Å². The van der Waals surface area contributed by atoms with E-state index in [1.807, 2.05) is 24.3 Å². The van der Waals surface area contributed by atoms with Gasteiger partial charge in [0.05, 0.1) is 12.7 Å². The molecule has 1 heterocycles. The first kappa shape index (κ1) is 17.3. The number of rotatable bonds is 4. The molecule has 0 radical (unpaired) electrons. The third-order valence-electron chi connectivity index (χ3n) is 4.79. The second-order valence-electron chi connectivity index (χ2n) is 6.50. The predicted molar refractivity (Wildman–Crippen MR) is 95.8 cm³/mol. The van der Waals surface area contributed by atoms with Crippen molar-refractivity contribution in [1.29, 1.82) is 0 Å². The SMILES string of the molecule is COc1ccc(C(=O)OCC(=O)N2CCC(C)CC2)c2ccccc12. The van der Waals surface area contributed by atoms with Crippen molar-refractivity contribution in [2.75, 3.05) is 26.8 Å². The average molecular weight is 341 g/mol. The number of fused-ring (bicyclic) bond motifs is 1. The Morgan fingerprint density at radius 3 is 2.44 bits per heavy atom.